The average molecular weight is 286 g/mol. The van der Waals surface area contributed by atoms with Crippen molar-refractivity contribution in [3.8, 4) is 11.8 Å². The molecule has 5 heteroatoms. The number of rotatable bonds is 8. The van der Waals surface area contributed by atoms with Crippen LogP contribution < -0.4 is 4.74 Å². The zero-order valence-corrected chi connectivity index (χ0v) is 11.8. The van der Waals surface area contributed by atoms with E-state index in [0.717, 1.165) is 12.8 Å². The summed E-state index contributed by atoms with van der Waals surface area (Å²) in [5.74, 6) is 0.834. The van der Waals surface area contributed by atoms with Crippen LogP contribution in [0.25, 0.3) is 0 Å². The summed E-state index contributed by atoms with van der Waals surface area (Å²) in [5.41, 5.74) is 0.427. The maximum absolute atomic E-state index is 12.2. The van der Waals surface area contributed by atoms with Crippen LogP contribution in [-0.4, -0.2) is 36.8 Å². The number of carbonyl (C=O) groups excluding carboxylic acids is 2. The number of nitrogens with zero attached hydrogens (tertiary/aromatic N) is 2. The van der Waals surface area contributed by atoms with Gasteiger partial charge in [-0.15, -0.1) is 0 Å². The Morgan fingerprint density at radius 3 is 2.86 bits per heavy atom. The van der Waals surface area contributed by atoms with Gasteiger partial charge in [-0.25, -0.2) is 0 Å². The molecule has 1 aliphatic rings. The standard InChI is InChI=1S/C16H18N2O3/c17-8-3-9-18(10-13-6-7-13)16(20)12-21-15-5-2-1-4-14(15)11-19/h1-2,4-5,11,13H,3,6-7,9-10,12H2. The molecule has 1 aromatic carbocycles. The molecule has 0 bridgehead atoms. The Hall–Kier alpha value is -2.35. The molecular weight excluding hydrogens is 268 g/mol. The highest BCUT2D eigenvalue weighted by Crippen LogP contribution is 2.29. The third kappa shape index (κ3) is 4.60. The second-order valence-corrected chi connectivity index (χ2v) is 5.14. The third-order valence-electron chi connectivity index (χ3n) is 3.42. The van der Waals surface area contributed by atoms with Crippen molar-refractivity contribution in [3.63, 3.8) is 0 Å². The molecule has 1 amide bonds. The van der Waals surface area contributed by atoms with E-state index in [9.17, 15) is 9.59 Å². The molecule has 110 valence electrons. The van der Waals surface area contributed by atoms with Gasteiger partial charge in [-0.2, -0.15) is 5.26 Å². The topological polar surface area (TPSA) is 70.4 Å². The van der Waals surface area contributed by atoms with E-state index in [1.165, 1.54) is 0 Å². The highest BCUT2D eigenvalue weighted by atomic mass is 16.5. The fraction of sp³-hybridized carbons (Fsp3) is 0.438. The van der Waals surface area contributed by atoms with Gasteiger partial charge < -0.3 is 9.64 Å². The van der Waals surface area contributed by atoms with Gasteiger partial charge in [-0.1, -0.05) is 12.1 Å². The third-order valence-corrected chi connectivity index (χ3v) is 3.42. The second-order valence-electron chi connectivity index (χ2n) is 5.14. The Balaban J connectivity index is 1.91. The molecule has 5 nitrogen and oxygen atoms in total. The van der Waals surface area contributed by atoms with Gasteiger partial charge in [0.15, 0.2) is 12.9 Å². The van der Waals surface area contributed by atoms with Crippen LogP contribution in [0.5, 0.6) is 5.75 Å². The summed E-state index contributed by atoms with van der Waals surface area (Å²) >= 11 is 0. The molecule has 0 heterocycles. The molecule has 21 heavy (non-hydrogen) atoms. The second kappa shape index (κ2) is 7.44. The minimum absolute atomic E-state index is 0.108. The van der Waals surface area contributed by atoms with Crippen molar-refractivity contribution < 1.29 is 14.3 Å². The molecule has 0 spiro atoms. The van der Waals surface area contributed by atoms with E-state index in [4.69, 9.17) is 10.00 Å². The van der Waals surface area contributed by atoms with E-state index >= 15 is 0 Å². The number of hydrogen-bond acceptors (Lipinski definition) is 4. The van der Waals surface area contributed by atoms with Crippen LogP contribution in [0, 0.1) is 17.2 Å². The zero-order valence-electron chi connectivity index (χ0n) is 11.8. The first-order chi connectivity index (χ1) is 10.2. The molecule has 0 N–H and O–H groups in total. The van der Waals surface area contributed by atoms with E-state index in [1.807, 2.05) is 0 Å². The molecule has 0 aliphatic heterocycles. The number of ether oxygens (including phenoxy) is 1. The monoisotopic (exact) mass is 286 g/mol. The fourth-order valence-corrected chi connectivity index (χ4v) is 2.05. The molecule has 2 rings (SSSR count). The molecule has 0 saturated heterocycles. The van der Waals surface area contributed by atoms with Crippen molar-refractivity contribution in [2.24, 2.45) is 5.92 Å². The molecule has 1 fully saturated rings. The number of benzene rings is 1. The summed E-state index contributed by atoms with van der Waals surface area (Å²) in [4.78, 5) is 24.8. The number of carbonyl (C=O) groups is 2. The number of amides is 1. The Morgan fingerprint density at radius 1 is 1.43 bits per heavy atom. The summed E-state index contributed by atoms with van der Waals surface area (Å²) in [6, 6.07) is 8.86. The Bertz CT molecular complexity index is 547. The summed E-state index contributed by atoms with van der Waals surface area (Å²) in [7, 11) is 0. The van der Waals surface area contributed by atoms with E-state index < -0.39 is 0 Å². The molecule has 1 aromatic rings. The predicted molar refractivity (Wildman–Crippen MR) is 76.9 cm³/mol. The Morgan fingerprint density at radius 2 is 2.19 bits per heavy atom. The van der Waals surface area contributed by atoms with Crippen LogP contribution in [0.3, 0.4) is 0 Å². The van der Waals surface area contributed by atoms with Gasteiger partial charge in [-0.05, 0) is 30.9 Å². The Labute approximate surface area is 124 Å². The lowest BCUT2D eigenvalue weighted by Crippen LogP contribution is -2.37. The quantitative estimate of drug-likeness (QED) is 0.686. The average Bonchev–Trinajstić information content (AvgIpc) is 3.33. The zero-order chi connectivity index (χ0) is 15.1. The fourth-order valence-electron chi connectivity index (χ4n) is 2.05. The number of aldehydes is 1. The summed E-state index contributed by atoms with van der Waals surface area (Å²) in [5, 5.41) is 8.66. The van der Waals surface area contributed by atoms with Crippen molar-refractivity contribution in [2.75, 3.05) is 19.7 Å². The normalized spacial score (nSPS) is 13.3. The maximum Gasteiger partial charge on any atom is 0.260 e. The predicted octanol–water partition coefficient (Wildman–Crippen LogP) is 2.03. The molecular formula is C16H18N2O3. The van der Waals surface area contributed by atoms with Crippen LogP contribution in [0.15, 0.2) is 24.3 Å². The highest BCUT2D eigenvalue weighted by molar-refractivity contribution is 5.80. The first-order valence-corrected chi connectivity index (χ1v) is 7.06. The van der Waals surface area contributed by atoms with Gasteiger partial charge in [0.2, 0.25) is 0 Å². The van der Waals surface area contributed by atoms with E-state index in [0.29, 0.717) is 43.0 Å². The van der Waals surface area contributed by atoms with Crippen LogP contribution in [0.2, 0.25) is 0 Å². The van der Waals surface area contributed by atoms with Gasteiger partial charge in [0.05, 0.1) is 18.1 Å². The first kappa shape index (κ1) is 15.0. The van der Waals surface area contributed by atoms with Crippen molar-refractivity contribution in [3.05, 3.63) is 29.8 Å². The largest absolute Gasteiger partial charge is 0.483 e. The lowest BCUT2D eigenvalue weighted by atomic mass is 10.2. The van der Waals surface area contributed by atoms with Crippen molar-refractivity contribution >= 4 is 12.2 Å². The van der Waals surface area contributed by atoms with Crippen molar-refractivity contribution in [1.29, 1.82) is 5.26 Å². The first-order valence-electron chi connectivity index (χ1n) is 7.06. The van der Waals surface area contributed by atoms with Gasteiger partial charge in [0.25, 0.3) is 5.91 Å². The Kier molecular flexibility index (Phi) is 5.33. The van der Waals surface area contributed by atoms with Crippen molar-refractivity contribution in [2.45, 2.75) is 19.3 Å². The molecule has 0 radical (unpaired) electrons. The molecule has 1 saturated carbocycles. The summed E-state index contributed by atoms with van der Waals surface area (Å²) in [6.07, 6.45) is 3.32. The van der Waals surface area contributed by atoms with E-state index in [2.05, 4.69) is 6.07 Å². The molecule has 1 aliphatic carbocycles. The summed E-state index contributed by atoms with van der Waals surface area (Å²) in [6.45, 7) is 1.02. The van der Waals surface area contributed by atoms with Crippen molar-refractivity contribution in [1.82, 2.24) is 4.90 Å². The van der Waals surface area contributed by atoms with Crippen LogP contribution >= 0.6 is 0 Å². The van der Waals surface area contributed by atoms with E-state index in [-0.39, 0.29) is 12.5 Å². The number of para-hydroxylation sites is 1. The molecule has 0 unspecified atom stereocenters. The minimum Gasteiger partial charge on any atom is -0.483 e. The van der Waals surface area contributed by atoms with Gasteiger partial charge in [0, 0.05) is 13.1 Å². The van der Waals surface area contributed by atoms with Gasteiger partial charge >= 0.3 is 0 Å². The minimum atomic E-state index is -0.141. The van der Waals surface area contributed by atoms with Crippen LogP contribution in [0.4, 0.5) is 0 Å². The van der Waals surface area contributed by atoms with Gasteiger partial charge in [-0.3, -0.25) is 9.59 Å². The number of nitriles is 1. The highest BCUT2D eigenvalue weighted by Gasteiger charge is 2.26. The lowest BCUT2D eigenvalue weighted by molar-refractivity contribution is -0.133. The van der Waals surface area contributed by atoms with Gasteiger partial charge in [0.1, 0.15) is 5.75 Å². The maximum atomic E-state index is 12.2. The summed E-state index contributed by atoms with van der Waals surface area (Å²) < 4.78 is 5.45. The molecule has 0 atom stereocenters. The van der Waals surface area contributed by atoms with E-state index in [1.54, 1.807) is 29.2 Å². The van der Waals surface area contributed by atoms with Crippen LogP contribution in [-0.2, 0) is 4.79 Å². The SMILES string of the molecule is N#CCCN(CC1CC1)C(=O)COc1ccccc1C=O. The smallest absolute Gasteiger partial charge is 0.260 e. The van der Waals surface area contributed by atoms with Crippen LogP contribution in [0.1, 0.15) is 29.6 Å². The number of hydrogen-bond donors (Lipinski definition) is 0. The molecule has 0 aromatic heterocycles. The lowest BCUT2D eigenvalue weighted by Gasteiger charge is -2.21.